The molecule has 0 aromatic heterocycles. The summed E-state index contributed by atoms with van der Waals surface area (Å²) in [6, 6.07) is 11.5. The van der Waals surface area contributed by atoms with E-state index in [-0.39, 0.29) is 5.91 Å². The van der Waals surface area contributed by atoms with Crippen LogP contribution in [0.25, 0.3) is 0 Å². The Morgan fingerprint density at radius 1 is 1.29 bits per heavy atom. The molecule has 0 radical (unpaired) electrons. The van der Waals surface area contributed by atoms with E-state index < -0.39 is 0 Å². The van der Waals surface area contributed by atoms with Gasteiger partial charge in [0.25, 0.3) is 0 Å². The number of amides is 1. The Balaban J connectivity index is 1.75. The van der Waals surface area contributed by atoms with Gasteiger partial charge in [-0.3, -0.25) is 9.69 Å². The van der Waals surface area contributed by atoms with Crippen molar-refractivity contribution in [3.8, 4) is 0 Å². The predicted molar refractivity (Wildman–Crippen MR) is 86.1 cm³/mol. The molecule has 1 N–H and O–H groups in total. The maximum atomic E-state index is 11.7. The van der Waals surface area contributed by atoms with E-state index in [1.54, 1.807) is 4.90 Å². The number of likely N-dealkylation sites (tertiary alicyclic amines) is 1. The van der Waals surface area contributed by atoms with Crippen LogP contribution in [0.2, 0.25) is 0 Å². The first-order chi connectivity index (χ1) is 10.1. The standard InChI is InChI=1S/C17H27N3O/c1-14(15-7-5-4-6-8-15)18-16-9-11-20(12-10-16)13-17(21)19(2)3/h4-8,14,16,18H,9-13H2,1-3H3/t14-/m0/s1. The van der Waals surface area contributed by atoms with E-state index in [0.717, 1.165) is 25.9 Å². The Morgan fingerprint density at radius 3 is 2.48 bits per heavy atom. The van der Waals surface area contributed by atoms with E-state index >= 15 is 0 Å². The van der Waals surface area contributed by atoms with Gasteiger partial charge in [-0.05, 0) is 25.3 Å². The molecule has 2 rings (SSSR count). The molecular formula is C17H27N3O. The Kier molecular flexibility index (Phi) is 5.76. The van der Waals surface area contributed by atoms with Crippen LogP contribution in [0, 0.1) is 0 Å². The fourth-order valence-corrected chi connectivity index (χ4v) is 2.78. The number of benzene rings is 1. The first-order valence-electron chi connectivity index (χ1n) is 7.79. The monoisotopic (exact) mass is 289 g/mol. The highest BCUT2D eigenvalue weighted by molar-refractivity contribution is 5.77. The zero-order valence-electron chi connectivity index (χ0n) is 13.4. The number of rotatable bonds is 5. The summed E-state index contributed by atoms with van der Waals surface area (Å²) in [5.74, 6) is 0.194. The minimum atomic E-state index is 0.194. The molecule has 0 saturated carbocycles. The van der Waals surface area contributed by atoms with Gasteiger partial charge in [-0.15, -0.1) is 0 Å². The number of nitrogens with one attached hydrogen (secondary N) is 1. The topological polar surface area (TPSA) is 35.6 Å². The summed E-state index contributed by atoms with van der Waals surface area (Å²) in [5.41, 5.74) is 1.34. The van der Waals surface area contributed by atoms with Gasteiger partial charge >= 0.3 is 0 Å². The van der Waals surface area contributed by atoms with Gasteiger partial charge in [0.05, 0.1) is 6.54 Å². The van der Waals surface area contributed by atoms with Crippen LogP contribution in [0.15, 0.2) is 30.3 Å². The van der Waals surface area contributed by atoms with Crippen LogP contribution in [0.4, 0.5) is 0 Å². The van der Waals surface area contributed by atoms with E-state index in [2.05, 4.69) is 47.5 Å². The molecular weight excluding hydrogens is 262 g/mol. The summed E-state index contributed by atoms with van der Waals surface area (Å²) in [4.78, 5) is 15.7. The van der Waals surface area contributed by atoms with Crippen molar-refractivity contribution in [2.45, 2.75) is 31.8 Å². The van der Waals surface area contributed by atoms with Crippen molar-refractivity contribution >= 4 is 5.91 Å². The van der Waals surface area contributed by atoms with Crippen molar-refractivity contribution in [1.82, 2.24) is 15.1 Å². The van der Waals surface area contributed by atoms with E-state index in [9.17, 15) is 4.79 Å². The van der Waals surface area contributed by atoms with Crippen LogP contribution in [0.3, 0.4) is 0 Å². The van der Waals surface area contributed by atoms with Gasteiger partial charge in [0, 0.05) is 39.3 Å². The SMILES string of the molecule is C[C@H](NC1CCN(CC(=O)N(C)C)CC1)c1ccccc1. The minimum Gasteiger partial charge on any atom is -0.348 e. The van der Waals surface area contributed by atoms with Gasteiger partial charge in [0.1, 0.15) is 0 Å². The van der Waals surface area contributed by atoms with Gasteiger partial charge in [0.2, 0.25) is 5.91 Å². The second-order valence-electron chi connectivity index (χ2n) is 6.14. The van der Waals surface area contributed by atoms with Gasteiger partial charge in [-0.2, -0.15) is 0 Å². The van der Waals surface area contributed by atoms with Crippen LogP contribution >= 0.6 is 0 Å². The van der Waals surface area contributed by atoms with Gasteiger partial charge < -0.3 is 10.2 Å². The summed E-state index contributed by atoms with van der Waals surface area (Å²) in [7, 11) is 3.64. The summed E-state index contributed by atoms with van der Waals surface area (Å²) in [6.07, 6.45) is 2.22. The minimum absolute atomic E-state index is 0.194. The Morgan fingerprint density at radius 2 is 1.90 bits per heavy atom. The molecule has 0 aliphatic carbocycles. The molecule has 1 atom stereocenters. The molecule has 0 bridgehead atoms. The summed E-state index contributed by atoms with van der Waals surface area (Å²) >= 11 is 0. The van der Waals surface area contributed by atoms with Crippen LogP contribution in [0.5, 0.6) is 0 Å². The maximum absolute atomic E-state index is 11.7. The molecule has 4 nitrogen and oxygen atoms in total. The molecule has 0 spiro atoms. The smallest absolute Gasteiger partial charge is 0.236 e. The number of carbonyl (C=O) groups is 1. The predicted octanol–water partition coefficient (Wildman–Crippen LogP) is 1.89. The molecule has 21 heavy (non-hydrogen) atoms. The Labute approximate surface area is 128 Å². The highest BCUT2D eigenvalue weighted by Crippen LogP contribution is 2.17. The van der Waals surface area contributed by atoms with Gasteiger partial charge in [0.15, 0.2) is 0 Å². The third kappa shape index (κ3) is 4.83. The Hall–Kier alpha value is -1.39. The number of hydrogen-bond donors (Lipinski definition) is 1. The van der Waals surface area contributed by atoms with Gasteiger partial charge in [-0.25, -0.2) is 0 Å². The first-order valence-corrected chi connectivity index (χ1v) is 7.79. The molecule has 1 fully saturated rings. The average molecular weight is 289 g/mol. The van der Waals surface area contributed by atoms with Crippen LogP contribution < -0.4 is 5.32 Å². The largest absolute Gasteiger partial charge is 0.348 e. The molecule has 1 aliphatic heterocycles. The normalized spacial score (nSPS) is 18.4. The molecule has 1 aromatic rings. The lowest BCUT2D eigenvalue weighted by Gasteiger charge is -2.34. The third-order valence-electron chi connectivity index (χ3n) is 4.23. The second-order valence-corrected chi connectivity index (χ2v) is 6.14. The van der Waals surface area contributed by atoms with Crippen molar-refractivity contribution in [2.75, 3.05) is 33.7 Å². The second kappa shape index (κ2) is 7.57. The molecule has 1 aliphatic rings. The lowest BCUT2D eigenvalue weighted by Crippen LogP contribution is -2.46. The number of hydrogen-bond acceptors (Lipinski definition) is 3. The first kappa shape index (κ1) is 16.0. The molecule has 116 valence electrons. The van der Waals surface area contributed by atoms with Crippen molar-refractivity contribution in [3.63, 3.8) is 0 Å². The van der Waals surface area contributed by atoms with Crippen molar-refractivity contribution in [2.24, 2.45) is 0 Å². The molecule has 1 aromatic carbocycles. The van der Waals surface area contributed by atoms with Crippen molar-refractivity contribution in [1.29, 1.82) is 0 Å². The van der Waals surface area contributed by atoms with E-state index in [1.807, 2.05) is 14.1 Å². The van der Waals surface area contributed by atoms with Crippen LogP contribution in [-0.2, 0) is 4.79 Å². The maximum Gasteiger partial charge on any atom is 0.236 e. The molecule has 1 heterocycles. The molecule has 1 amide bonds. The fourth-order valence-electron chi connectivity index (χ4n) is 2.78. The van der Waals surface area contributed by atoms with E-state index in [4.69, 9.17) is 0 Å². The Bertz CT molecular complexity index is 439. The van der Waals surface area contributed by atoms with E-state index in [0.29, 0.717) is 18.6 Å². The summed E-state index contributed by atoms with van der Waals surface area (Å²) in [5, 5.41) is 3.71. The van der Waals surface area contributed by atoms with Crippen molar-refractivity contribution < 1.29 is 4.79 Å². The lowest BCUT2D eigenvalue weighted by molar-refractivity contribution is -0.130. The molecule has 0 unspecified atom stereocenters. The fraction of sp³-hybridized carbons (Fsp3) is 0.588. The number of likely N-dealkylation sites (N-methyl/N-ethyl adjacent to an activating group) is 1. The lowest BCUT2D eigenvalue weighted by atomic mass is 10.0. The van der Waals surface area contributed by atoms with Gasteiger partial charge in [-0.1, -0.05) is 30.3 Å². The zero-order chi connectivity index (χ0) is 15.2. The number of carbonyl (C=O) groups excluding carboxylic acids is 1. The average Bonchev–Trinajstić information content (AvgIpc) is 2.50. The highest BCUT2D eigenvalue weighted by atomic mass is 16.2. The number of nitrogens with zero attached hydrogens (tertiary/aromatic N) is 2. The molecule has 1 saturated heterocycles. The highest BCUT2D eigenvalue weighted by Gasteiger charge is 2.22. The van der Waals surface area contributed by atoms with E-state index in [1.165, 1.54) is 5.56 Å². The number of piperidine rings is 1. The van der Waals surface area contributed by atoms with Crippen LogP contribution in [-0.4, -0.2) is 55.5 Å². The van der Waals surface area contributed by atoms with Crippen LogP contribution in [0.1, 0.15) is 31.4 Å². The molecule has 4 heteroatoms. The summed E-state index contributed by atoms with van der Waals surface area (Å²) < 4.78 is 0. The zero-order valence-corrected chi connectivity index (χ0v) is 13.4. The van der Waals surface area contributed by atoms with Crippen molar-refractivity contribution in [3.05, 3.63) is 35.9 Å². The quantitative estimate of drug-likeness (QED) is 0.899. The summed E-state index contributed by atoms with van der Waals surface area (Å²) in [6.45, 7) is 4.77. The third-order valence-corrected chi connectivity index (χ3v) is 4.23.